The molecule has 122 valence electrons. The average molecular weight is 310 g/mol. The molecule has 1 aromatic heterocycles. The Labute approximate surface area is 128 Å². The number of aromatic nitrogens is 2. The van der Waals surface area contributed by atoms with Gasteiger partial charge in [0.25, 0.3) is 5.56 Å². The number of aromatic amines is 1. The first-order valence-electron chi connectivity index (χ1n) is 7.63. The van der Waals surface area contributed by atoms with Gasteiger partial charge in [-0.15, -0.1) is 0 Å². The molecule has 0 aromatic carbocycles. The molecule has 0 bridgehead atoms. The third-order valence-corrected chi connectivity index (χ3v) is 4.30. The third kappa shape index (κ3) is 2.92. The normalized spacial score (nSPS) is 32.2. The maximum atomic E-state index is 14.7. The number of alkyl halides is 1. The zero-order chi connectivity index (χ0) is 16.5. The highest BCUT2D eigenvalue weighted by atomic mass is 19.1. The van der Waals surface area contributed by atoms with Crippen LogP contribution in [0.3, 0.4) is 0 Å². The number of rotatable bonds is 4. The van der Waals surface area contributed by atoms with Crippen molar-refractivity contribution in [3.8, 4) is 0 Å². The van der Waals surface area contributed by atoms with Crippen LogP contribution >= 0.6 is 0 Å². The molecule has 1 N–H and O–H groups in total. The summed E-state index contributed by atoms with van der Waals surface area (Å²) < 4.78 is 21.8. The lowest BCUT2D eigenvalue weighted by Gasteiger charge is -2.28. The second-order valence-corrected chi connectivity index (χ2v) is 6.17. The van der Waals surface area contributed by atoms with E-state index >= 15 is 0 Å². The fraction of sp³-hybridized carbons (Fsp3) is 0.625. The van der Waals surface area contributed by atoms with E-state index in [1.165, 1.54) is 12.3 Å². The molecule has 1 aromatic rings. The average Bonchev–Trinajstić information content (AvgIpc) is 2.71. The number of halogens is 1. The summed E-state index contributed by atoms with van der Waals surface area (Å²) in [6, 6.07) is 1.19. The lowest BCUT2D eigenvalue weighted by atomic mass is 9.84. The molecule has 1 fully saturated rings. The Morgan fingerprint density at radius 2 is 2.18 bits per heavy atom. The Morgan fingerprint density at radius 1 is 1.50 bits per heavy atom. The largest absolute Gasteiger partial charge is 0.344 e. The molecule has 1 saturated heterocycles. The second kappa shape index (κ2) is 6.20. The minimum Gasteiger partial charge on any atom is -0.344 e. The third-order valence-electron chi connectivity index (χ3n) is 4.30. The molecule has 0 spiro atoms. The molecule has 5 nitrogen and oxygen atoms in total. The quantitative estimate of drug-likeness (QED) is 0.869. The van der Waals surface area contributed by atoms with Crippen molar-refractivity contribution in [2.75, 3.05) is 0 Å². The minimum atomic E-state index is -1.33. The van der Waals surface area contributed by atoms with Gasteiger partial charge in [-0.05, 0) is 12.3 Å². The zero-order valence-electron chi connectivity index (χ0n) is 13.4. The van der Waals surface area contributed by atoms with Gasteiger partial charge in [0, 0.05) is 18.2 Å². The van der Waals surface area contributed by atoms with Crippen LogP contribution in [0.15, 0.2) is 34.0 Å². The predicted molar refractivity (Wildman–Crippen MR) is 82.5 cm³/mol. The number of nitrogens with one attached hydrogen (secondary N) is 1. The van der Waals surface area contributed by atoms with E-state index in [0.29, 0.717) is 12.3 Å². The maximum absolute atomic E-state index is 14.7. The van der Waals surface area contributed by atoms with Gasteiger partial charge in [0.2, 0.25) is 0 Å². The Hall–Kier alpha value is -1.69. The molecular formula is C16H23FN2O3. The lowest BCUT2D eigenvalue weighted by Crippen LogP contribution is -2.34. The van der Waals surface area contributed by atoms with E-state index in [1.807, 2.05) is 32.9 Å². The van der Waals surface area contributed by atoms with Gasteiger partial charge < -0.3 is 4.74 Å². The van der Waals surface area contributed by atoms with Crippen molar-refractivity contribution in [1.29, 1.82) is 0 Å². The van der Waals surface area contributed by atoms with Crippen LogP contribution in [0.1, 0.15) is 40.3 Å². The highest BCUT2D eigenvalue weighted by Crippen LogP contribution is 2.45. The van der Waals surface area contributed by atoms with Gasteiger partial charge in [-0.3, -0.25) is 14.3 Å². The predicted octanol–water partition coefficient (Wildman–Crippen LogP) is 2.40. The van der Waals surface area contributed by atoms with Crippen LogP contribution in [-0.4, -0.2) is 21.3 Å². The SMILES string of the molecule is CC[C@@]1(/C=C/C(C)C)O[C@@H](n2ccc(=O)[nH]c2=O)[C@H](F)[C@@H]1C. The van der Waals surface area contributed by atoms with Crippen molar-refractivity contribution in [2.24, 2.45) is 11.8 Å². The molecule has 0 amide bonds. The first kappa shape index (κ1) is 16.7. The summed E-state index contributed by atoms with van der Waals surface area (Å²) in [6.45, 7) is 7.80. The van der Waals surface area contributed by atoms with E-state index in [2.05, 4.69) is 4.98 Å². The van der Waals surface area contributed by atoms with Crippen LogP contribution in [0, 0.1) is 11.8 Å². The molecule has 22 heavy (non-hydrogen) atoms. The number of nitrogens with zero attached hydrogens (tertiary/aromatic N) is 1. The molecule has 0 aliphatic carbocycles. The number of hydrogen-bond donors (Lipinski definition) is 1. The summed E-state index contributed by atoms with van der Waals surface area (Å²) >= 11 is 0. The Balaban J connectivity index is 2.40. The van der Waals surface area contributed by atoms with Crippen molar-refractivity contribution in [1.82, 2.24) is 9.55 Å². The van der Waals surface area contributed by atoms with Gasteiger partial charge in [-0.25, -0.2) is 9.18 Å². The van der Waals surface area contributed by atoms with Crippen LogP contribution in [0.2, 0.25) is 0 Å². The molecule has 6 heteroatoms. The molecule has 0 unspecified atom stereocenters. The van der Waals surface area contributed by atoms with Gasteiger partial charge in [0.1, 0.15) is 0 Å². The Morgan fingerprint density at radius 3 is 2.73 bits per heavy atom. The summed E-state index contributed by atoms with van der Waals surface area (Å²) in [4.78, 5) is 25.2. The highest BCUT2D eigenvalue weighted by molar-refractivity contribution is 5.11. The number of hydrogen-bond acceptors (Lipinski definition) is 3. The smallest absolute Gasteiger partial charge is 0.330 e. The first-order chi connectivity index (χ1) is 10.3. The van der Waals surface area contributed by atoms with Crippen molar-refractivity contribution < 1.29 is 9.13 Å². The van der Waals surface area contributed by atoms with Crippen molar-refractivity contribution in [3.05, 3.63) is 45.3 Å². The van der Waals surface area contributed by atoms with Gasteiger partial charge >= 0.3 is 5.69 Å². The molecule has 0 radical (unpaired) electrons. The lowest BCUT2D eigenvalue weighted by molar-refractivity contribution is -0.0643. The number of allylic oxidation sites excluding steroid dienone is 1. The van der Waals surface area contributed by atoms with Gasteiger partial charge in [-0.1, -0.05) is 39.8 Å². The van der Waals surface area contributed by atoms with Gasteiger partial charge in [-0.2, -0.15) is 0 Å². The van der Waals surface area contributed by atoms with E-state index in [0.717, 1.165) is 4.57 Å². The van der Waals surface area contributed by atoms with E-state index in [9.17, 15) is 14.0 Å². The molecule has 1 aliphatic heterocycles. The van der Waals surface area contributed by atoms with E-state index in [4.69, 9.17) is 4.74 Å². The van der Waals surface area contributed by atoms with Gasteiger partial charge in [0.15, 0.2) is 12.4 Å². The van der Waals surface area contributed by atoms with Crippen LogP contribution in [0.4, 0.5) is 4.39 Å². The first-order valence-corrected chi connectivity index (χ1v) is 7.63. The Bertz CT molecular complexity index is 664. The summed E-state index contributed by atoms with van der Waals surface area (Å²) in [5, 5.41) is 0. The number of ether oxygens (including phenoxy) is 1. The highest BCUT2D eigenvalue weighted by Gasteiger charge is 2.51. The van der Waals surface area contributed by atoms with Crippen LogP contribution in [0.25, 0.3) is 0 Å². The van der Waals surface area contributed by atoms with Gasteiger partial charge in [0.05, 0.1) is 5.60 Å². The fourth-order valence-corrected chi connectivity index (χ4v) is 2.82. The molecule has 2 rings (SSSR count). The zero-order valence-corrected chi connectivity index (χ0v) is 13.4. The van der Waals surface area contributed by atoms with Crippen LogP contribution < -0.4 is 11.2 Å². The minimum absolute atomic E-state index is 0.326. The van der Waals surface area contributed by atoms with E-state index < -0.39 is 35.2 Å². The van der Waals surface area contributed by atoms with Crippen molar-refractivity contribution in [3.63, 3.8) is 0 Å². The fourth-order valence-electron chi connectivity index (χ4n) is 2.82. The molecule has 1 aliphatic rings. The van der Waals surface area contributed by atoms with Crippen molar-refractivity contribution in [2.45, 2.75) is 52.1 Å². The Kier molecular flexibility index (Phi) is 4.70. The summed E-state index contributed by atoms with van der Waals surface area (Å²) in [5.74, 6) is -0.0662. The molecule has 4 atom stereocenters. The molecule has 2 heterocycles. The van der Waals surface area contributed by atoms with E-state index in [1.54, 1.807) is 6.92 Å². The van der Waals surface area contributed by atoms with Crippen molar-refractivity contribution >= 4 is 0 Å². The summed E-state index contributed by atoms with van der Waals surface area (Å²) in [6.07, 6.45) is 3.42. The molecule has 0 saturated carbocycles. The maximum Gasteiger partial charge on any atom is 0.330 e. The summed E-state index contributed by atoms with van der Waals surface area (Å²) in [7, 11) is 0. The topological polar surface area (TPSA) is 64.1 Å². The molecular weight excluding hydrogens is 287 g/mol. The second-order valence-electron chi connectivity index (χ2n) is 6.17. The standard InChI is InChI=1S/C16H23FN2O3/c1-5-16(8-6-10(2)3)11(4)13(17)14(22-16)19-9-7-12(20)18-15(19)21/h6-11,13-14H,5H2,1-4H3,(H,18,20,21)/b8-6+/t11-,13+,14+,16-/m0/s1. The monoisotopic (exact) mass is 310 g/mol. The number of H-pyrrole nitrogens is 1. The van der Waals surface area contributed by atoms with E-state index in [-0.39, 0.29) is 0 Å². The summed E-state index contributed by atoms with van der Waals surface area (Å²) in [5.41, 5.74) is -1.92. The van der Waals surface area contributed by atoms with Crippen LogP contribution in [-0.2, 0) is 4.74 Å². The van der Waals surface area contributed by atoms with Crippen LogP contribution in [0.5, 0.6) is 0 Å².